The van der Waals surface area contributed by atoms with E-state index in [1.807, 2.05) is 25.7 Å². The number of fused-ring (bicyclic) bond motifs is 1. The average molecular weight is 487 g/mol. The number of carbonyl (C=O) groups is 1. The standard InChI is InChI=1S/C18H26IN5O3/c1-18(2,3)27-17(25)23-7-5-6-11(23)8-24-12(9-26-4)14(19)13-15(20)21-10-22-16(13)24/h10-11H,5-9H2,1-4H3,(H2,20,21,22)/t11-/m1/s1. The summed E-state index contributed by atoms with van der Waals surface area (Å²) in [6, 6.07) is 0.0399. The Balaban J connectivity index is 1.95. The van der Waals surface area contributed by atoms with Crippen molar-refractivity contribution in [3.8, 4) is 0 Å². The maximum atomic E-state index is 12.6. The molecule has 1 atom stereocenters. The Bertz CT molecular complexity index is 846. The predicted octanol–water partition coefficient (Wildman–Crippen LogP) is 3.16. The molecule has 0 bridgehead atoms. The fourth-order valence-corrected chi connectivity index (χ4v) is 4.43. The summed E-state index contributed by atoms with van der Waals surface area (Å²) >= 11 is 2.27. The Morgan fingerprint density at radius 3 is 2.81 bits per heavy atom. The normalized spacial score (nSPS) is 17.7. The van der Waals surface area contributed by atoms with Crippen molar-refractivity contribution in [2.75, 3.05) is 19.4 Å². The summed E-state index contributed by atoms with van der Waals surface area (Å²) in [7, 11) is 1.66. The Hall–Kier alpha value is -1.62. The van der Waals surface area contributed by atoms with Crippen LogP contribution >= 0.6 is 22.6 Å². The zero-order valence-corrected chi connectivity index (χ0v) is 18.3. The van der Waals surface area contributed by atoms with Gasteiger partial charge in [-0.15, -0.1) is 0 Å². The largest absolute Gasteiger partial charge is 0.444 e. The van der Waals surface area contributed by atoms with Gasteiger partial charge < -0.3 is 24.7 Å². The number of rotatable bonds is 4. The van der Waals surface area contributed by atoms with E-state index < -0.39 is 5.60 Å². The highest BCUT2D eigenvalue weighted by molar-refractivity contribution is 14.1. The van der Waals surface area contributed by atoms with Crippen LogP contribution in [0, 0.1) is 3.57 Å². The van der Waals surface area contributed by atoms with Gasteiger partial charge in [-0.25, -0.2) is 14.8 Å². The first kappa shape index (κ1) is 20.1. The van der Waals surface area contributed by atoms with E-state index in [1.54, 1.807) is 7.11 Å². The van der Waals surface area contributed by atoms with E-state index in [2.05, 4.69) is 37.1 Å². The summed E-state index contributed by atoms with van der Waals surface area (Å²) in [5, 5.41) is 0.840. The van der Waals surface area contributed by atoms with Gasteiger partial charge in [0.1, 0.15) is 23.4 Å². The molecule has 1 aliphatic heterocycles. The number of halogens is 1. The maximum absolute atomic E-state index is 12.6. The highest BCUT2D eigenvalue weighted by Gasteiger charge is 2.33. The summed E-state index contributed by atoms with van der Waals surface area (Å²) in [6.07, 6.45) is 3.08. The van der Waals surface area contributed by atoms with Crippen molar-refractivity contribution in [2.45, 2.75) is 58.4 Å². The number of hydrogen-bond donors (Lipinski definition) is 1. The third-order valence-corrected chi connectivity index (χ3v) is 5.75. The van der Waals surface area contributed by atoms with E-state index in [0.717, 1.165) is 33.1 Å². The van der Waals surface area contributed by atoms with Crippen molar-refractivity contribution in [3.63, 3.8) is 0 Å². The van der Waals surface area contributed by atoms with E-state index in [1.165, 1.54) is 6.33 Å². The van der Waals surface area contributed by atoms with Crippen LogP contribution in [0.4, 0.5) is 10.6 Å². The van der Waals surface area contributed by atoms with Crippen molar-refractivity contribution in [2.24, 2.45) is 0 Å². The lowest BCUT2D eigenvalue weighted by Crippen LogP contribution is -2.41. The zero-order chi connectivity index (χ0) is 19.8. The second-order valence-corrected chi connectivity index (χ2v) is 8.81. The molecule has 2 N–H and O–H groups in total. The molecule has 3 rings (SSSR count). The molecule has 0 saturated carbocycles. The summed E-state index contributed by atoms with van der Waals surface area (Å²) in [5.41, 5.74) is 7.35. The first-order chi connectivity index (χ1) is 12.7. The van der Waals surface area contributed by atoms with Gasteiger partial charge in [0.15, 0.2) is 0 Å². The molecule has 1 aliphatic rings. The van der Waals surface area contributed by atoms with Crippen LogP contribution in [0.25, 0.3) is 11.0 Å². The van der Waals surface area contributed by atoms with E-state index in [0.29, 0.717) is 25.5 Å². The molecule has 0 spiro atoms. The lowest BCUT2D eigenvalue weighted by molar-refractivity contribution is 0.0213. The minimum absolute atomic E-state index is 0.0399. The molecule has 148 valence electrons. The molecule has 0 aromatic carbocycles. The smallest absolute Gasteiger partial charge is 0.410 e. The van der Waals surface area contributed by atoms with Gasteiger partial charge in [-0.05, 0) is 56.2 Å². The first-order valence-electron chi connectivity index (χ1n) is 8.98. The molecule has 2 aromatic heterocycles. The van der Waals surface area contributed by atoms with E-state index in [4.69, 9.17) is 15.2 Å². The Morgan fingerprint density at radius 1 is 1.41 bits per heavy atom. The van der Waals surface area contributed by atoms with Gasteiger partial charge in [-0.1, -0.05) is 0 Å². The van der Waals surface area contributed by atoms with Crippen molar-refractivity contribution in [1.82, 2.24) is 19.4 Å². The number of nitrogens with zero attached hydrogens (tertiary/aromatic N) is 4. The monoisotopic (exact) mass is 487 g/mol. The van der Waals surface area contributed by atoms with Crippen LogP contribution < -0.4 is 5.73 Å². The number of nitrogen functional groups attached to an aromatic ring is 1. The summed E-state index contributed by atoms with van der Waals surface area (Å²) in [6.45, 7) is 7.41. The SMILES string of the molecule is COCc1c(I)c2c(N)ncnc2n1C[C@H]1CCCN1C(=O)OC(C)(C)C. The fourth-order valence-electron chi connectivity index (χ4n) is 3.47. The highest BCUT2D eigenvalue weighted by atomic mass is 127. The van der Waals surface area contributed by atoms with Gasteiger partial charge in [-0.2, -0.15) is 0 Å². The van der Waals surface area contributed by atoms with Crippen molar-refractivity contribution in [3.05, 3.63) is 15.6 Å². The van der Waals surface area contributed by atoms with Gasteiger partial charge in [-0.3, -0.25) is 0 Å². The number of hydrogen-bond acceptors (Lipinski definition) is 6. The maximum Gasteiger partial charge on any atom is 0.410 e. The molecule has 27 heavy (non-hydrogen) atoms. The summed E-state index contributed by atoms with van der Waals surface area (Å²) < 4.78 is 14.1. The first-order valence-corrected chi connectivity index (χ1v) is 10.1. The van der Waals surface area contributed by atoms with E-state index in [-0.39, 0.29) is 12.1 Å². The van der Waals surface area contributed by atoms with Gasteiger partial charge in [0.05, 0.1) is 23.7 Å². The second kappa shape index (κ2) is 7.78. The molecular weight excluding hydrogens is 461 g/mol. The van der Waals surface area contributed by atoms with Crippen LogP contribution in [0.3, 0.4) is 0 Å². The quantitative estimate of drug-likeness (QED) is 0.666. The molecule has 3 heterocycles. The van der Waals surface area contributed by atoms with Crippen molar-refractivity contribution in [1.29, 1.82) is 0 Å². The third kappa shape index (κ3) is 4.13. The van der Waals surface area contributed by atoms with Crippen LogP contribution in [-0.2, 0) is 22.6 Å². The molecule has 2 aromatic rings. The number of anilines is 1. The van der Waals surface area contributed by atoms with Crippen molar-refractivity contribution < 1.29 is 14.3 Å². The molecule has 0 unspecified atom stereocenters. The van der Waals surface area contributed by atoms with Crippen LogP contribution in [-0.4, -0.2) is 50.8 Å². The van der Waals surface area contributed by atoms with Gasteiger partial charge in [0.25, 0.3) is 0 Å². The summed E-state index contributed by atoms with van der Waals surface area (Å²) in [4.78, 5) is 23.0. The van der Waals surface area contributed by atoms with Crippen molar-refractivity contribution >= 4 is 45.5 Å². The van der Waals surface area contributed by atoms with Gasteiger partial charge >= 0.3 is 6.09 Å². The number of methoxy groups -OCH3 is 1. The number of carbonyl (C=O) groups excluding carboxylic acids is 1. The Kier molecular flexibility index (Phi) is 5.80. The van der Waals surface area contributed by atoms with Gasteiger partial charge in [0.2, 0.25) is 0 Å². The number of aromatic nitrogens is 3. The van der Waals surface area contributed by atoms with Gasteiger partial charge in [0, 0.05) is 23.8 Å². The van der Waals surface area contributed by atoms with Crippen LogP contribution in [0.1, 0.15) is 39.3 Å². The number of amides is 1. The zero-order valence-electron chi connectivity index (χ0n) is 16.2. The predicted molar refractivity (Wildman–Crippen MR) is 111 cm³/mol. The number of likely N-dealkylation sites (tertiary alicyclic amines) is 1. The van der Waals surface area contributed by atoms with Crippen LogP contribution in [0.15, 0.2) is 6.33 Å². The molecule has 8 nitrogen and oxygen atoms in total. The average Bonchev–Trinajstić information content (AvgIpc) is 3.13. The Labute approximate surface area is 172 Å². The molecule has 0 radical (unpaired) electrons. The topological polar surface area (TPSA) is 95.5 Å². The lowest BCUT2D eigenvalue weighted by Gasteiger charge is -2.29. The molecule has 0 aliphatic carbocycles. The third-order valence-electron chi connectivity index (χ3n) is 4.59. The molecule has 1 saturated heterocycles. The minimum Gasteiger partial charge on any atom is -0.444 e. The summed E-state index contributed by atoms with van der Waals surface area (Å²) in [5.74, 6) is 0.455. The van der Waals surface area contributed by atoms with E-state index in [9.17, 15) is 4.79 Å². The molecular formula is C18H26IN5O3. The number of nitrogens with two attached hydrogens (primary N) is 1. The van der Waals surface area contributed by atoms with Crippen LogP contribution in [0.2, 0.25) is 0 Å². The molecule has 9 heteroatoms. The Morgan fingerprint density at radius 2 is 2.15 bits per heavy atom. The van der Waals surface area contributed by atoms with E-state index >= 15 is 0 Å². The van der Waals surface area contributed by atoms with Crippen LogP contribution in [0.5, 0.6) is 0 Å². The molecule has 1 amide bonds. The number of ether oxygens (including phenoxy) is 2. The highest BCUT2D eigenvalue weighted by Crippen LogP contribution is 2.32. The minimum atomic E-state index is -0.511. The fraction of sp³-hybridized carbons (Fsp3) is 0.611. The molecule has 1 fully saturated rings. The lowest BCUT2D eigenvalue weighted by atomic mass is 10.2. The second-order valence-electron chi connectivity index (χ2n) is 7.73.